The van der Waals surface area contributed by atoms with E-state index in [1.54, 1.807) is 6.21 Å². The van der Waals surface area contributed by atoms with Gasteiger partial charge in [0.05, 0.1) is 12.8 Å². The summed E-state index contributed by atoms with van der Waals surface area (Å²) in [5.41, 5.74) is 12.5. The molecule has 5 nitrogen and oxygen atoms in total. The van der Waals surface area contributed by atoms with E-state index in [1.165, 1.54) is 5.56 Å². The highest BCUT2D eigenvalue weighted by Gasteiger charge is 1.96. The summed E-state index contributed by atoms with van der Waals surface area (Å²) in [6.07, 6.45) is 2.44. The average molecular weight is 282 g/mol. The molecule has 0 aliphatic carbocycles. The fourth-order valence-electron chi connectivity index (χ4n) is 1.78. The molecule has 0 amide bonds. The minimum atomic E-state index is -0.0680. The molecule has 2 rings (SSSR count). The van der Waals surface area contributed by atoms with Crippen LogP contribution in [-0.2, 0) is 6.42 Å². The topological polar surface area (TPSA) is 86.0 Å². The van der Waals surface area contributed by atoms with Gasteiger partial charge in [-0.1, -0.05) is 42.5 Å². The second-order valence-electron chi connectivity index (χ2n) is 4.43. The Labute approximate surface area is 124 Å². The van der Waals surface area contributed by atoms with Gasteiger partial charge in [-0.2, -0.15) is 5.10 Å². The van der Waals surface area contributed by atoms with E-state index >= 15 is 0 Å². The van der Waals surface area contributed by atoms with Gasteiger partial charge in [-0.3, -0.25) is 0 Å². The summed E-state index contributed by atoms with van der Waals surface area (Å²) in [6.45, 7) is 0.624. The van der Waals surface area contributed by atoms with Gasteiger partial charge < -0.3 is 16.2 Å². The molecule has 2 aromatic carbocycles. The lowest BCUT2D eigenvalue weighted by Crippen LogP contribution is -2.21. The first-order chi connectivity index (χ1) is 10.2. The Bertz CT molecular complexity index is 619. The van der Waals surface area contributed by atoms with Crippen molar-refractivity contribution in [2.75, 3.05) is 6.61 Å². The fraction of sp³-hybridized carbons (Fsp3) is 0.125. The normalized spacial score (nSPS) is 10.5. The molecular weight excluding hydrogens is 264 g/mol. The summed E-state index contributed by atoms with van der Waals surface area (Å²) in [5, 5.41) is 7.32. The molecule has 0 unspecified atom stereocenters. The van der Waals surface area contributed by atoms with Gasteiger partial charge in [0.25, 0.3) is 0 Å². The van der Waals surface area contributed by atoms with Crippen molar-refractivity contribution in [2.45, 2.75) is 6.42 Å². The van der Waals surface area contributed by atoms with Gasteiger partial charge in [-0.25, -0.2) is 0 Å². The van der Waals surface area contributed by atoms with Crippen molar-refractivity contribution in [2.24, 2.45) is 21.7 Å². The third kappa shape index (κ3) is 5.36. The molecule has 0 aliphatic heterocycles. The van der Waals surface area contributed by atoms with Crippen LogP contribution < -0.4 is 16.2 Å². The molecule has 21 heavy (non-hydrogen) atoms. The minimum absolute atomic E-state index is 0.0680. The Balaban J connectivity index is 1.89. The van der Waals surface area contributed by atoms with E-state index in [9.17, 15) is 0 Å². The monoisotopic (exact) mass is 282 g/mol. The maximum absolute atomic E-state index is 5.73. The molecule has 0 saturated carbocycles. The van der Waals surface area contributed by atoms with Crippen LogP contribution >= 0.6 is 0 Å². The molecule has 108 valence electrons. The average Bonchev–Trinajstić information content (AvgIpc) is 2.48. The van der Waals surface area contributed by atoms with Crippen LogP contribution in [0.5, 0.6) is 5.75 Å². The van der Waals surface area contributed by atoms with Crippen LogP contribution in [0.15, 0.2) is 64.8 Å². The fourth-order valence-corrected chi connectivity index (χ4v) is 1.78. The van der Waals surface area contributed by atoms with Gasteiger partial charge in [0, 0.05) is 6.42 Å². The molecule has 0 bridgehead atoms. The molecule has 2 aromatic rings. The first-order valence-corrected chi connectivity index (χ1v) is 6.63. The third-order valence-electron chi connectivity index (χ3n) is 2.74. The molecule has 0 aromatic heterocycles. The molecular formula is C16H18N4O. The molecule has 0 radical (unpaired) electrons. The van der Waals surface area contributed by atoms with Gasteiger partial charge in [0.1, 0.15) is 5.75 Å². The van der Waals surface area contributed by atoms with Crippen molar-refractivity contribution in [3.8, 4) is 5.75 Å². The van der Waals surface area contributed by atoms with E-state index < -0.39 is 0 Å². The van der Waals surface area contributed by atoms with Gasteiger partial charge in [0.15, 0.2) is 0 Å². The van der Waals surface area contributed by atoms with Gasteiger partial charge in [-0.05, 0) is 23.3 Å². The summed E-state index contributed by atoms with van der Waals surface area (Å²) in [4.78, 5) is 0. The molecule has 4 N–H and O–H groups in total. The number of hydrogen-bond acceptors (Lipinski definition) is 3. The van der Waals surface area contributed by atoms with Gasteiger partial charge in [-0.15, -0.1) is 5.10 Å². The first kappa shape index (κ1) is 14.6. The summed E-state index contributed by atoms with van der Waals surface area (Å²) in [6, 6.07) is 17.8. The number of nitrogens with zero attached hydrogens (tertiary/aromatic N) is 2. The van der Waals surface area contributed by atoms with Crippen molar-refractivity contribution in [3.05, 3.63) is 65.7 Å². The second-order valence-corrected chi connectivity index (χ2v) is 4.43. The number of hydrogen-bond donors (Lipinski definition) is 2. The molecule has 0 saturated heterocycles. The zero-order valence-electron chi connectivity index (χ0n) is 11.6. The number of benzene rings is 2. The van der Waals surface area contributed by atoms with E-state index in [-0.39, 0.29) is 5.96 Å². The SMILES string of the molecule is NC(N)=NN=Cc1cccc(OCCc2ccccc2)c1. The zero-order valence-corrected chi connectivity index (χ0v) is 11.6. The van der Waals surface area contributed by atoms with Gasteiger partial charge >= 0.3 is 0 Å². The number of rotatable bonds is 6. The maximum Gasteiger partial charge on any atom is 0.211 e. The predicted octanol–water partition coefficient (Wildman–Crippen LogP) is 1.92. The highest BCUT2D eigenvalue weighted by atomic mass is 16.5. The van der Waals surface area contributed by atoms with Crippen LogP contribution in [0.3, 0.4) is 0 Å². The Hall–Kier alpha value is -2.82. The van der Waals surface area contributed by atoms with E-state index in [1.807, 2.05) is 42.5 Å². The van der Waals surface area contributed by atoms with Crippen molar-refractivity contribution in [3.63, 3.8) is 0 Å². The van der Waals surface area contributed by atoms with E-state index in [0.717, 1.165) is 17.7 Å². The lowest BCUT2D eigenvalue weighted by atomic mass is 10.2. The van der Waals surface area contributed by atoms with Crippen LogP contribution in [0.2, 0.25) is 0 Å². The van der Waals surface area contributed by atoms with Crippen LogP contribution in [0, 0.1) is 0 Å². The molecule has 0 spiro atoms. The smallest absolute Gasteiger partial charge is 0.211 e. The van der Waals surface area contributed by atoms with E-state index in [2.05, 4.69) is 22.3 Å². The van der Waals surface area contributed by atoms with E-state index in [4.69, 9.17) is 16.2 Å². The molecule has 5 heteroatoms. The largest absolute Gasteiger partial charge is 0.493 e. The highest BCUT2D eigenvalue weighted by molar-refractivity contribution is 5.81. The molecule has 0 heterocycles. The van der Waals surface area contributed by atoms with E-state index in [0.29, 0.717) is 6.61 Å². The Morgan fingerprint density at radius 1 is 1.05 bits per heavy atom. The van der Waals surface area contributed by atoms with Crippen molar-refractivity contribution in [1.82, 2.24) is 0 Å². The number of nitrogens with two attached hydrogens (primary N) is 2. The first-order valence-electron chi connectivity index (χ1n) is 6.63. The Morgan fingerprint density at radius 3 is 2.62 bits per heavy atom. The maximum atomic E-state index is 5.73. The van der Waals surface area contributed by atoms with Crippen LogP contribution in [0.4, 0.5) is 0 Å². The molecule has 0 atom stereocenters. The van der Waals surface area contributed by atoms with Crippen LogP contribution in [0.25, 0.3) is 0 Å². The predicted molar refractivity (Wildman–Crippen MR) is 85.5 cm³/mol. The number of guanidine groups is 1. The highest BCUT2D eigenvalue weighted by Crippen LogP contribution is 2.12. The quantitative estimate of drug-likeness (QED) is 0.482. The zero-order chi connectivity index (χ0) is 14.9. The summed E-state index contributed by atoms with van der Waals surface area (Å²) in [5.74, 6) is 0.723. The number of ether oxygens (including phenoxy) is 1. The lowest BCUT2D eigenvalue weighted by molar-refractivity contribution is 0.322. The third-order valence-corrected chi connectivity index (χ3v) is 2.74. The summed E-state index contributed by atoms with van der Waals surface area (Å²) >= 11 is 0. The van der Waals surface area contributed by atoms with Crippen LogP contribution in [0.1, 0.15) is 11.1 Å². The second kappa shape index (κ2) is 7.69. The van der Waals surface area contributed by atoms with Crippen molar-refractivity contribution in [1.29, 1.82) is 0 Å². The summed E-state index contributed by atoms with van der Waals surface area (Å²) < 4.78 is 5.73. The summed E-state index contributed by atoms with van der Waals surface area (Å²) in [7, 11) is 0. The minimum Gasteiger partial charge on any atom is -0.493 e. The standard InChI is InChI=1S/C16H18N4O/c17-16(18)20-19-12-14-7-4-8-15(11-14)21-10-9-13-5-2-1-3-6-13/h1-8,11-12H,9-10H2,(H4,17,18,20). The Morgan fingerprint density at radius 2 is 1.86 bits per heavy atom. The van der Waals surface area contributed by atoms with Gasteiger partial charge in [0.2, 0.25) is 5.96 Å². The lowest BCUT2D eigenvalue weighted by Gasteiger charge is -2.06. The van der Waals surface area contributed by atoms with Crippen molar-refractivity contribution >= 4 is 12.2 Å². The van der Waals surface area contributed by atoms with Crippen molar-refractivity contribution < 1.29 is 4.74 Å². The molecule has 0 aliphatic rings. The molecule has 0 fully saturated rings. The Kier molecular flexibility index (Phi) is 5.34. The van der Waals surface area contributed by atoms with Crippen LogP contribution in [-0.4, -0.2) is 18.8 Å².